The SMILES string of the molecule is CC(C)[C@H](N)C(=O)N(C)[C@H]1CCCN(Cc2ccccc2)C1. The molecule has 4 heteroatoms. The first-order valence-electron chi connectivity index (χ1n) is 8.27. The van der Waals surface area contributed by atoms with E-state index in [0.717, 1.165) is 32.5 Å². The van der Waals surface area contributed by atoms with Crippen molar-refractivity contribution >= 4 is 5.91 Å². The van der Waals surface area contributed by atoms with Crippen molar-refractivity contribution in [2.45, 2.75) is 45.3 Å². The van der Waals surface area contributed by atoms with Crippen LogP contribution in [0.1, 0.15) is 32.3 Å². The zero-order valence-electron chi connectivity index (χ0n) is 14.0. The molecule has 122 valence electrons. The molecule has 1 aromatic rings. The molecule has 1 aromatic carbocycles. The van der Waals surface area contributed by atoms with Gasteiger partial charge in [0.25, 0.3) is 0 Å². The van der Waals surface area contributed by atoms with Crippen LogP contribution < -0.4 is 5.73 Å². The van der Waals surface area contributed by atoms with Gasteiger partial charge in [-0.2, -0.15) is 0 Å². The van der Waals surface area contributed by atoms with Crippen LogP contribution in [-0.4, -0.2) is 47.9 Å². The first-order chi connectivity index (χ1) is 10.5. The quantitative estimate of drug-likeness (QED) is 0.906. The summed E-state index contributed by atoms with van der Waals surface area (Å²) in [5.41, 5.74) is 7.35. The minimum atomic E-state index is -0.394. The third-order valence-corrected chi connectivity index (χ3v) is 4.63. The van der Waals surface area contributed by atoms with E-state index in [1.165, 1.54) is 5.56 Å². The van der Waals surface area contributed by atoms with Crippen molar-refractivity contribution in [2.24, 2.45) is 11.7 Å². The van der Waals surface area contributed by atoms with Crippen LogP contribution in [0.4, 0.5) is 0 Å². The van der Waals surface area contributed by atoms with Gasteiger partial charge in [0.1, 0.15) is 0 Å². The molecule has 0 aliphatic carbocycles. The molecular weight excluding hydrogens is 274 g/mol. The Hall–Kier alpha value is -1.39. The van der Waals surface area contributed by atoms with Crippen LogP contribution in [0.2, 0.25) is 0 Å². The number of piperidine rings is 1. The largest absolute Gasteiger partial charge is 0.340 e. The van der Waals surface area contributed by atoms with E-state index in [2.05, 4.69) is 29.2 Å². The van der Waals surface area contributed by atoms with Gasteiger partial charge in [-0.1, -0.05) is 44.2 Å². The van der Waals surface area contributed by atoms with Gasteiger partial charge in [0.05, 0.1) is 6.04 Å². The van der Waals surface area contributed by atoms with Crippen LogP contribution in [0.15, 0.2) is 30.3 Å². The van der Waals surface area contributed by atoms with Crippen LogP contribution in [-0.2, 0) is 11.3 Å². The maximum Gasteiger partial charge on any atom is 0.239 e. The van der Waals surface area contributed by atoms with Crippen molar-refractivity contribution in [1.29, 1.82) is 0 Å². The fourth-order valence-electron chi connectivity index (χ4n) is 3.03. The average molecular weight is 303 g/mol. The Labute approximate surface area is 134 Å². The molecule has 4 nitrogen and oxygen atoms in total. The molecule has 1 heterocycles. The molecule has 1 fully saturated rings. The lowest BCUT2D eigenvalue weighted by Gasteiger charge is -2.39. The Morgan fingerprint density at radius 3 is 2.68 bits per heavy atom. The van der Waals surface area contributed by atoms with Crippen LogP contribution in [0.3, 0.4) is 0 Å². The molecule has 2 rings (SSSR count). The van der Waals surface area contributed by atoms with Crippen molar-refractivity contribution in [1.82, 2.24) is 9.80 Å². The van der Waals surface area contributed by atoms with Gasteiger partial charge < -0.3 is 10.6 Å². The minimum absolute atomic E-state index is 0.0709. The van der Waals surface area contributed by atoms with Crippen molar-refractivity contribution in [3.63, 3.8) is 0 Å². The number of likely N-dealkylation sites (tertiary alicyclic amines) is 1. The topological polar surface area (TPSA) is 49.6 Å². The zero-order valence-corrected chi connectivity index (χ0v) is 14.0. The smallest absolute Gasteiger partial charge is 0.239 e. The summed E-state index contributed by atoms with van der Waals surface area (Å²) in [5.74, 6) is 0.250. The standard InChI is InChI=1S/C18H29N3O/c1-14(2)17(19)18(22)20(3)16-10-7-11-21(13-16)12-15-8-5-4-6-9-15/h4-6,8-9,14,16-17H,7,10-13,19H2,1-3H3/t16-,17-/m0/s1. The molecular formula is C18H29N3O. The van der Waals surface area contributed by atoms with Crippen LogP contribution in [0, 0.1) is 5.92 Å². The molecule has 1 amide bonds. The summed E-state index contributed by atoms with van der Waals surface area (Å²) < 4.78 is 0. The van der Waals surface area contributed by atoms with Gasteiger partial charge in [0.15, 0.2) is 0 Å². The second kappa shape index (κ2) is 7.75. The van der Waals surface area contributed by atoms with E-state index >= 15 is 0 Å². The van der Waals surface area contributed by atoms with E-state index in [-0.39, 0.29) is 17.9 Å². The molecule has 2 atom stereocenters. The molecule has 22 heavy (non-hydrogen) atoms. The second-order valence-electron chi connectivity index (χ2n) is 6.74. The maximum atomic E-state index is 12.4. The van der Waals surface area contributed by atoms with Gasteiger partial charge in [0.2, 0.25) is 5.91 Å². The lowest BCUT2D eigenvalue weighted by Crippen LogP contribution is -2.53. The lowest BCUT2D eigenvalue weighted by atomic mass is 10.00. The van der Waals surface area contributed by atoms with Gasteiger partial charge in [-0.15, -0.1) is 0 Å². The molecule has 1 aliphatic heterocycles. The van der Waals surface area contributed by atoms with Crippen LogP contribution >= 0.6 is 0 Å². The van der Waals surface area contributed by atoms with Gasteiger partial charge >= 0.3 is 0 Å². The Balaban J connectivity index is 1.94. The number of nitrogens with two attached hydrogens (primary N) is 1. The van der Waals surface area contributed by atoms with Gasteiger partial charge in [-0.3, -0.25) is 9.69 Å². The average Bonchev–Trinajstić information content (AvgIpc) is 2.54. The summed E-state index contributed by atoms with van der Waals surface area (Å²) in [6, 6.07) is 10.4. The monoisotopic (exact) mass is 303 g/mol. The number of carbonyl (C=O) groups excluding carboxylic acids is 1. The number of hydrogen-bond donors (Lipinski definition) is 1. The summed E-state index contributed by atoms with van der Waals surface area (Å²) in [7, 11) is 1.90. The number of likely N-dealkylation sites (N-methyl/N-ethyl adjacent to an activating group) is 1. The minimum Gasteiger partial charge on any atom is -0.340 e. The normalized spacial score (nSPS) is 20.9. The Morgan fingerprint density at radius 2 is 2.05 bits per heavy atom. The number of carbonyl (C=O) groups is 1. The van der Waals surface area contributed by atoms with Gasteiger partial charge in [-0.25, -0.2) is 0 Å². The van der Waals surface area contributed by atoms with Crippen molar-refractivity contribution < 1.29 is 4.79 Å². The molecule has 0 aromatic heterocycles. The van der Waals surface area contributed by atoms with E-state index in [1.54, 1.807) is 0 Å². The number of benzene rings is 1. The highest BCUT2D eigenvalue weighted by molar-refractivity contribution is 5.82. The van der Waals surface area contributed by atoms with E-state index in [4.69, 9.17) is 5.73 Å². The first kappa shape index (κ1) is 17.0. The predicted molar refractivity (Wildman–Crippen MR) is 90.3 cm³/mol. The highest BCUT2D eigenvalue weighted by Crippen LogP contribution is 2.18. The van der Waals surface area contributed by atoms with Crippen molar-refractivity contribution in [2.75, 3.05) is 20.1 Å². The number of hydrogen-bond acceptors (Lipinski definition) is 3. The van der Waals surface area contributed by atoms with E-state index < -0.39 is 6.04 Å². The summed E-state index contributed by atoms with van der Waals surface area (Å²) in [4.78, 5) is 16.7. The second-order valence-corrected chi connectivity index (χ2v) is 6.74. The van der Waals surface area contributed by atoms with Crippen LogP contribution in [0.5, 0.6) is 0 Å². The summed E-state index contributed by atoms with van der Waals surface area (Å²) in [6.45, 7) is 6.99. The van der Waals surface area contributed by atoms with E-state index in [9.17, 15) is 4.79 Å². The molecule has 1 aliphatic rings. The zero-order chi connectivity index (χ0) is 16.1. The molecule has 2 N–H and O–H groups in total. The maximum absolute atomic E-state index is 12.4. The number of amides is 1. The Bertz CT molecular complexity index is 474. The summed E-state index contributed by atoms with van der Waals surface area (Å²) in [5, 5.41) is 0. The fourth-order valence-corrected chi connectivity index (χ4v) is 3.03. The first-order valence-corrected chi connectivity index (χ1v) is 8.27. The summed E-state index contributed by atoms with van der Waals surface area (Å²) in [6.07, 6.45) is 2.20. The highest BCUT2D eigenvalue weighted by atomic mass is 16.2. The van der Waals surface area contributed by atoms with E-state index in [1.807, 2.05) is 31.9 Å². The van der Waals surface area contributed by atoms with Crippen molar-refractivity contribution in [3.8, 4) is 0 Å². The Morgan fingerprint density at radius 1 is 1.36 bits per heavy atom. The lowest BCUT2D eigenvalue weighted by molar-refractivity contribution is -0.135. The molecule has 0 radical (unpaired) electrons. The third kappa shape index (κ3) is 4.31. The fraction of sp³-hybridized carbons (Fsp3) is 0.611. The molecule has 0 unspecified atom stereocenters. The predicted octanol–water partition coefficient (Wildman–Crippen LogP) is 2.09. The molecule has 1 saturated heterocycles. The van der Waals surface area contributed by atoms with Gasteiger partial charge in [-0.05, 0) is 30.9 Å². The van der Waals surface area contributed by atoms with E-state index in [0.29, 0.717) is 0 Å². The van der Waals surface area contributed by atoms with Crippen LogP contribution in [0.25, 0.3) is 0 Å². The molecule has 0 spiro atoms. The molecule has 0 saturated carbocycles. The third-order valence-electron chi connectivity index (χ3n) is 4.63. The summed E-state index contributed by atoms with van der Waals surface area (Å²) >= 11 is 0. The highest BCUT2D eigenvalue weighted by Gasteiger charge is 2.29. The Kier molecular flexibility index (Phi) is 5.98. The number of rotatable bonds is 5. The molecule has 0 bridgehead atoms. The number of nitrogens with zero attached hydrogens (tertiary/aromatic N) is 2. The van der Waals surface area contributed by atoms with Crippen molar-refractivity contribution in [3.05, 3.63) is 35.9 Å². The van der Waals surface area contributed by atoms with Gasteiger partial charge in [0, 0.05) is 26.2 Å².